The Kier molecular flexibility index (Phi) is 4.68. The Morgan fingerprint density at radius 2 is 2.05 bits per heavy atom. The van der Waals surface area contributed by atoms with Crippen molar-refractivity contribution in [2.24, 2.45) is 4.99 Å². The first-order valence-electron chi connectivity index (χ1n) is 7.52. The molecule has 1 aliphatic rings. The largest absolute Gasteiger partial charge is 0.357 e. The first-order valence-corrected chi connectivity index (χ1v) is 7.52. The second-order valence-corrected chi connectivity index (χ2v) is 6.39. The van der Waals surface area contributed by atoms with E-state index in [1.165, 1.54) is 5.56 Å². The normalized spacial score (nSPS) is 18.6. The highest BCUT2D eigenvalue weighted by atomic mass is 15.3. The minimum atomic E-state index is -0.0630. The van der Waals surface area contributed by atoms with E-state index in [9.17, 15) is 0 Å². The summed E-state index contributed by atoms with van der Waals surface area (Å²) < 4.78 is 0. The van der Waals surface area contributed by atoms with Crippen LogP contribution in [0.25, 0.3) is 0 Å². The molecule has 0 saturated carbocycles. The number of nitrogens with one attached hydrogen (secondary N) is 3. The van der Waals surface area contributed by atoms with Gasteiger partial charge in [-0.05, 0) is 36.6 Å². The van der Waals surface area contributed by atoms with Gasteiger partial charge in [-0.25, -0.2) is 4.99 Å². The van der Waals surface area contributed by atoms with Crippen LogP contribution >= 0.6 is 0 Å². The number of nitrogens with zero attached hydrogens (tertiary/aromatic N) is 1. The lowest BCUT2D eigenvalue weighted by molar-refractivity contribution is 0.497. The van der Waals surface area contributed by atoms with E-state index < -0.39 is 0 Å². The molecule has 4 heteroatoms. The van der Waals surface area contributed by atoms with Crippen LogP contribution < -0.4 is 16.0 Å². The molecule has 21 heavy (non-hydrogen) atoms. The summed E-state index contributed by atoms with van der Waals surface area (Å²) in [7, 11) is 0. The van der Waals surface area contributed by atoms with Gasteiger partial charge in [0.2, 0.25) is 0 Å². The molecule has 0 saturated heterocycles. The van der Waals surface area contributed by atoms with Crippen LogP contribution in [0.5, 0.6) is 0 Å². The van der Waals surface area contributed by atoms with Gasteiger partial charge in [0, 0.05) is 17.5 Å². The van der Waals surface area contributed by atoms with E-state index in [-0.39, 0.29) is 11.7 Å². The summed E-state index contributed by atoms with van der Waals surface area (Å²) in [5, 5.41) is 9.93. The smallest absolute Gasteiger partial charge is 0.175 e. The molecule has 0 aliphatic carbocycles. The van der Waals surface area contributed by atoms with E-state index in [1.54, 1.807) is 0 Å². The molecule has 3 N–H and O–H groups in total. The van der Waals surface area contributed by atoms with Crippen molar-refractivity contribution in [1.29, 1.82) is 0 Å². The van der Waals surface area contributed by atoms with E-state index in [0.717, 1.165) is 23.6 Å². The quantitative estimate of drug-likeness (QED) is 0.800. The van der Waals surface area contributed by atoms with Gasteiger partial charge in [-0.15, -0.1) is 0 Å². The predicted molar refractivity (Wildman–Crippen MR) is 90.6 cm³/mol. The molecule has 0 amide bonds. The highest BCUT2D eigenvalue weighted by Crippen LogP contribution is 2.25. The maximum absolute atomic E-state index is 4.65. The van der Waals surface area contributed by atoms with Gasteiger partial charge in [-0.3, -0.25) is 5.32 Å². The molecule has 2 rings (SSSR count). The van der Waals surface area contributed by atoms with Crippen LogP contribution in [0.2, 0.25) is 0 Å². The number of hydrogen-bond acceptors (Lipinski definition) is 4. The van der Waals surface area contributed by atoms with Gasteiger partial charge in [0.1, 0.15) is 5.84 Å². The molecule has 1 atom stereocenters. The van der Waals surface area contributed by atoms with Crippen molar-refractivity contribution >= 4 is 11.5 Å². The maximum Gasteiger partial charge on any atom is 0.175 e. The molecule has 0 spiro atoms. The Morgan fingerprint density at radius 3 is 2.71 bits per heavy atom. The van der Waals surface area contributed by atoms with Crippen molar-refractivity contribution in [1.82, 2.24) is 10.6 Å². The van der Waals surface area contributed by atoms with E-state index in [1.807, 2.05) is 6.20 Å². The zero-order chi connectivity index (χ0) is 15.5. The van der Waals surface area contributed by atoms with Crippen LogP contribution in [0.15, 0.2) is 41.0 Å². The Balaban J connectivity index is 2.19. The SMILES string of the molecule is CCNC1N=C(Nc2cccc(C(C)(C)C)c2)C(C)=CN1. The Labute approximate surface area is 127 Å². The molecule has 1 aromatic rings. The highest BCUT2D eigenvalue weighted by Gasteiger charge is 2.16. The van der Waals surface area contributed by atoms with Gasteiger partial charge in [-0.1, -0.05) is 39.8 Å². The summed E-state index contributed by atoms with van der Waals surface area (Å²) in [6, 6.07) is 8.53. The minimum absolute atomic E-state index is 0.0630. The molecular formula is C17H26N4. The Morgan fingerprint density at radius 1 is 1.29 bits per heavy atom. The lowest BCUT2D eigenvalue weighted by Crippen LogP contribution is -2.42. The third kappa shape index (κ3) is 4.08. The fourth-order valence-electron chi connectivity index (χ4n) is 2.17. The molecule has 1 aromatic carbocycles. The number of amidine groups is 1. The predicted octanol–water partition coefficient (Wildman–Crippen LogP) is 3.19. The lowest BCUT2D eigenvalue weighted by Gasteiger charge is -2.24. The molecule has 1 unspecified atom stereocenters. The van der Waals surface area contributed by atoms with E-state index in [0.29, 0.717) is 0 Å². The topological polar surface area (TPSA) is 48.5 Å². The fourth-order valence-corrected chi connectivity index (χ4v) is 2.17. The van der Waals surface area contributed by atoms with Crippen molar-refractivity contribution in [2.75, 3.05) is 11.9 Å². The standard InChI is InChI=1S/C17H26N4/c1-6-18-16-19-11-12(2)15(21-16)20-14-9-7-8-13(10-14)17(3,4)5/h7-11,16,18-19H,6H2,1-5H3,(H,20,21). The third-order valence-electron chi connectivity index (χ3n) is 3.48. The van der Waals surface area contributed by atoms with Gasteiger partial charge < -0.3 is 10.6 Å². The van der Waals surface area contributed by atoms with E-state index >= 15 is 0 Å². The van der Waals surface area contributed by atoms with Crippen molar-refractivity contribution < 1.29 is 0 Å². The van der Waals surface area contributed by atoms with Gasteiger partial charge in [0.25, 0.3) is 0 Å². The molecule has 1 heterocycles. The van der Waals surface area contributed by atoms with Crippen molar-refractivity contribution in [3.05, 3.63) is 41.6 Å². The summed E-state index contributed by atoms with van der Waals surface area (Å²) in [5.74, 6) is 0.908. The zero-order valence-electron chi connectivity index (χ0n) is 13.6. The average molecular weight is 286 g/mol. The first kappa shape index (κ1) is 15.6. The maximum atomic E-state index is 4.65. The number of anilines is 1. The summed E-state index contributed by atoms with van der Waals surface area (Å²) in [6.07, 6.45) is 1.93. The summed E-state index contributed by atoms with van der Waals surface area (Å²) in [5.41, 5.74) is 3.63. The van der Waals surface area contributed by atoms with E-state index in [4.69, 9.17) is 0 Å². The van der Waals surface area contributed by atoms with E-state index in [2.05, 4.69) is 79.8 Å². The fraction of sp³-hybridized carbons (Fsp3) is 0.471. The first-order chi connectivity index (χ1) is 9.90. The summed E-state index contributed by atoms with van der Waals surface area (Å²) in [6.45, 7) is 11.7. The monoisotopic (exact) mass is 286 g/mol. The average Bonchev–Trinajstić information content (AvgIpc) is 2.42. The molecule has 0 radical (unpaired) electrons. The number of aliphatic imine (C=N–C) groups is 1. The van der Waals surface area contributed by atoms with Crippen LogP contribution in [-0.4, -0.2) is 18.7 Å². The number of hydrogen-bond donors (Lipinski definition) is 3. The van der Waals surface area contributed by atoms with Crippen molar-refractivity contribution in [2.45, 2.75) is 46.3 Å². The second-order valence-electron chi connectivity index (χ2n) is 6.39. The number of benzene rings is 1. The highest BCUT2D eigenvalue weighted by molar-refractivity contribution is 6.08. The molecule has 1 aliphatic heterocycles. The molecule has 0 aromatic heterocycles. The van der Waals surface area contributed by atoms with Crippen LogP contribution in [0, 0.1) is 0 Å². The van der Waals surface area contributed by atoms with Crippen molar-refractivity contribution in [3.8, 4) is 0 Å². The zero-order valence-corrected chi connectivity index (χ0v) is 13.6. The summed E-state index contributed by atoms with van der Waals surface area (Å²) in [4.78, 5) is 4.65. The Hall–Kier alpha value is -1.81. The second kappa shape index (κ2) is 6.31. The molecule has 4 nitrogen and oxygen atoms in total. The van der Waals surface area contributed by atoms with Crippen LogP contribution in [0.3, 0.4) is 0 Å². The minimum Gasteiger partial charge on any atom is -0.357 e. The molecule has 114 valence electrons. The lowest BCUT2D eigenvalue weighted by atomic mass is 9.87. The third-order valence-corrected chi connectivity index (χ3v) is 3.48. The van der Waals surface area contributed by atoms with Gasteiger partial charge in [0.15, 0.2) is 6.29 Å². The van der Waals surface area contributed by atoms with Gasteiger partial charge >= 0.3 is 0 Å². The van der Waals surface area contributed by atoms with Crippen LogP contribution in [0.1, 0.15) is 40.2 Å². The Bertz CT molecular complexity index is 552. The van der Waals surface area contributed by atoms with Crippen molar-refractivity contribution in [3.63, 3.8) is 0 Å². The van der Waals surface area contributed by atoms with Crippen LogP contribution in [0.4, 0.5) is 5.69 Å². The van der Waals surface area contributed by atoms with Gasteiger partial charge in [-0.2, -0.15) is 0 Å². The molecule has 0 fully saturated rings. The van der Waals surface area contributed by atoms with Crippen LogP contribution in [-0.2, 0) is 5.41 Å². The summed E-state index contributed by atoms with van der Waals surface area (Å²) >= 11 is 0. The molecule has 0 bridgehead atoms. The number of rotatable bonds is 3. The molecular weight excluding hydrogens is 260 g/mol. The van der Waals surface area contributed by atoms with Gasteiger partial charge in [0.05, 0.1) is 0 Å².